The van der Waals surface area contributed by atoms with E-state index in [1.54, 1.807) is 18.2 Å². The molecule has 0 saturated carbocycles. The maximum absolute atomic E-state index is 12.5. The molecule has 0 aliphatic heterocycles. The molecule has 2 aromatic carbocycles. The van der Waals surface area contributed by atoms with Gasteiger partial charge in [0.1, 0.15) is 11.5 Å². The van der Waals surface area contributed by atoms with E-state index in [0.717, 1.165) is 10.2 Å². The van der Waals surface area contributed by atoms with Crippen LogP contribution < -0.4 is 19.6 Å². The van der Waals surface area contributed by atoms with E-state index in [0.29, 0.717) is 21.9 Å². The molecule has 0 radical (unpaired) electrons. The van der Waals surface area contributed by atoms with Gasteiger partial charge < -0.3 is 14.0 Å². The van der Waals surface area contributed by atoms with Crippen LogP contribution >= 0.6 is 23.6 Å². The van der Waals surface area contributed by atoms with Gasteiger partial charge in [-0.05, 0) is 36.5 Å². The van der Waals surface area contributed by atoms with Gasteiger partial charge in [-0.1, -0.05) is 23.5 Å². The van der Waals surface area contributed by atoms with E-state index >= 15 is 0 Å². The van der Waals surface area contributed by atoms with E-state index in [2.05, 4.69) is 10.3 Å². The predicted molar refractivity (Wildman–Crippen MR) is 106 cm³/mol. The molecular formula is C18H17N3O3S2. The number of aryl methyl sites for hydroxylation is 1. The van der Waals surface area contributed by atoms with Crippen molar-refractivity contribution < 1.29 is 14.3 Å². The van der Waals surface area contributed by atoms with Gasteiger partial charge in [0.25, 0.3) is 5.91 Å². The fraction of sp³-hybridized carbons (Fsp3) is 0.167. The molecule has 0 spiro atoms. The number of methoxy groups -OCH3 is 2. The highest BCUT2D eigenvalue weighted by Gasteiger charge is 2.11. The van der Waals surface area contributed by atoms with Crippen LogP contribution in [-0.2, 0) is 7.05 Å². The van der Waals surface area contributed by atoms with E-state index in [9.17, 15) is 4.79 Å². The van der Waals surface area contributed by atoms with Gasteiger partial charge >= 0.3 is 0 Å². The first kappa shape index (κ1) is 18.1. The Morgan fingerprint density at radius 3 is 2.42 bits per heavy atom. The number of rotatable bonds is 3. The number of aromatic nitrogens is 1. The molecule has 0 atom stereocenters. The summed E-state index contributed by atoms with van der Waals surface area (Å²) in [5, 5.41) is 2.72. The number of nitrogens with zero attached hydrogens (tertiary/aromatic N) is 2. The van der Waals surface area contributed by atoms with Gasteiger partial charge in [0.15, 0.2) is 4.80 Å². The van der Waals surface area contributed by atoms with Gasteiger partial charge in [-0.3, -0.25) is 10.1 Å². The maximum Gasteiger partial charge on any atom is 0.257 e. The van der Waals surface area contributed by atoms with Gasteiger partial charge in [0.05, 0.1) is 24.4 Å². The Morgan fingerprint density at radius 1 is 1.15 bits per heavy atom. The van der Waals surface area contributed by atoms with Crippen LogP contribution in [0.3, 0.4) is 0 Å². The molecule has 1 amide bonds. The average Bonchev–Trinajstić information content (AvgIpc) is 2.96. The Morgan fingerprint density at radius 2 is 1.81 bits per heavy atom. The zero-order chi connectivity index (χ0) is 18.7. The molecule has 0 aliphatic rings. The Hall–Kier alpha value is -2.71. The first-order valence-corrected chi connectivity index (χ1v) is 8.92. The lowest BCUT2D eigenvalue weighted by molar-refractivity contribution is 0.0976. The van der Waals surface area contributed by atoms with Crippen molar-refractivity contribution in [2.45, 2.75) is 0 Å². The number of hydrogen-bond donors (Lipinski definition) is 1. The van der Waals surface area contributed by atoms with E-state index in [1.807, 2.05) is 35.9 Å². The average molecular weight is 387 g/mol. The third kappa shape index (κ3) is 3.76. The topological polar surface area (TPSA) is 64.8 Å². The fourth-order valence-electron chi connectivity index (χ4n) is 2.41. The summed E-state index contributed by atoms with van der Waals surface area (Å²) in [5.74, 6) is 0.668. The molecule has 0 aliphatic carbocycles. The van der Waals surface area contributed by atoms with Crippen LogP contribution in [0.1, 0.15) is 10.4 Å². The normalized spacial score (nSPS) is 11.4. The molecule has 3 aromatic rings. The highest BCUT2D eigenvalue weighted by atomic mass is 32.1. The third-order valence-electron chi connectivity index (χ3n) is 3.75. The van der Waals surface area contributed by atoms with Gasteiger partial charge in [0, 0.05) is 18.7 Å². The van der Waals surface area contributed by atoms with Crippen LogP contribution in [0.4, 0.5) is 0 Å². The number of hydrogen-bond acceptors (Lipinski definition) is 5. The van der Waals surface area contributed by atoms with Gasteiger partial charge in [0.2, 0.25) is 5.11 Å². The highest BCUT2D eigenvalue weighted by molar-refractivity contribution is 7.80. The quantitative estimate of drug-likeness (QED) is 0.702. The fourth-order valence-corrected chi connectivity index (χ4v) is 3.67. The summed E-state index contributed by atoms with van der Waals surface area (Å²) >= 11 is 6.74. The standard InChI is InChI=1S/C18H17N3O3S2/c1-21-14-6-4-5-7-15(14)26-18(21)20-17(25)19-16(22)11-8-12(23-2)10-13(9-11)24-3/h4-10H,1-3H3,(H,19,22,25). The monoisotopic (exact) mass is 387 g/mol. The number of carbonyl (C=O) groups is 1. The molecule has 0 saturated heterocycles. The Labute approximate surface area is 159 Å². The van der Waals surface area contributed by atoms with E-state index in [-0.39, 0.29) is 11.0 Å². The summed E-state index contributed by atoms with van der Waals surface area (Å²) in [6.45, 7) is 0. The van der Waals surface area contributed by atoms with Crippen LogP contribution in [0.25, 0.3) is 10.2 Å². The molecule has 134 valence electrons. The zero-order valence-electron chi connectivity index (χ0n) is 14.5. The summed E-state index contributed by atoms with van der Waals surface area (Å²) in [7, 11) is 4.96. The highest BCUT2D eigenvalue weighted by Crippen LogP contribution is 2.22. The van der Waals surface area contributed by atoms with Gasteiger partial charge in [-0.15, -0.1) is 0 Å². The lowest BCUT2D eigenvalue weighted by Gasteiger charge is -2.08. The summed E-state index contributed by atoms with van der Waals surface area (Å²) in [5.41, 5.74) is 1.43. The molecule has 3 rings (SSSR count). The zero-order valence-corrected chi connectivity index (χ0v) is 16.1. The third-order valence-corrected chi connectivity index (χ3v) is 5.05. The second-order valence-electron chi connectivity index (χ2n) is 5.38. The minimum atomic E-state index is -0.375. The minimum absolute atomic E-state index is 0.0962. The molecule has 1 aromatic heterocycles. The van der Waals surface area contributed by atoms with Crippen LogP contribution in [0, 0.1) is 0 Å². The van der Waals surface area contributed by atoms with Crippen LogP contribution in [0.2, 0.25) is 0 Å². The number of benzene rings is 2. The van der Waals surface area contributed by atoms with Crippen molar-refractivity contribution in [3.63, 3.8) is 0 Å². The van der Waals surface area contributed by atoms with Crippen molar-refractivity contribution in [1.82, 2.24) is 9.88 Å². The number of thiocarbonyl (C=S) groups is 1. The Kier molecular flexibility index (Phi) is 5.34. The second kappa shape index (κ2) is 7.67. The van der Waals surface area contributed by atoms with Crippen LogP contribution in [0.15, 0.2) is 47.5 Å². The Balaban J connectivity index is 1.85. The van der Waals surface area contributed by atoms with Crippen molar-refractivity contribution >= 4 is 44.8 Å². The molecule has 0 unspecified atom stereocenters. The van der Waals surface area contributed by atoms with Crippen molar-refractivity contribution in [3.8, 4) is 11.5 Å². The van der Waals surface area contributed by atoms with Crippen molar-refractivity contribution in [1.29, 1.82) is 0 Å². The molecule has 26 heavy (non-hydrogen) atoms. The lowest BCUT2D eigenvalue weighted by Crippen LogP contribution is -2.29. The number of carbonyl (C=O) groups excluding carboxylic acids is 1. The number of thiazole rings is 1. The molecule has 6 nitrogen and oxygen atoms in total. The van der Waals surface area contributed by atoms with Crippen molar-refractivity contribution in [2.24, 2.45) is 12.0 Å². The summed E-state index contributed by atoms with van der Waals surface area (Å²) in [6, 6.07) is 12.9. The number of ether oxygens (including phenoxy) is 2. The number of nitrogens with one attached hydrogen (secondary N) is 1. The largest absolute Gasteiger partial charge is 0.497 e. The molecule has 0 bridgehead atoms. The van der Waals surface area contributed by atoms with E-state index < -0.39 is 0 Å². The Bertz CT molecular complexity index is 1030. The van der Waals surface area contributed by atoms with Crippen molar-refractivity contribution in [2.75, 3.05) is 14.2 Å². The first-order valence-electron chi connectivity index (χ1n) is 7.69. The number of amides is 1. The lowest BCUT2D eigenvalue weighted by atomic mass is 10.2. The molecule has 8 heteroatoms. The first-order chi connectivity index (χ1) is 12.5. The SMILES string of the molecule is COc1cc(OC)cc(C(=O)NC(=S)N=c2sc3ccccc3n2C)c1. The van der Waals surface area contributed by atoms with E-state index in [1.165, 1.54) is 25.6 Å². The molecule has 1 heterocycles. The number of fused-ring (bicyclic) bond motifs is 1. The van der Waals surface area contributed by atoms with Crippen molar-refractivity contribution in [3.05, 3.63) is 52.8 Å². The maximum atomic E-state index is 12.5. The molecular weight excluding hydrogens is 370 g/mol. The van der Waals surface area contributed by atoms with Gasteiger partial charge in [-0.25, -0.2) is 0 Å². The van der Waals surface area contributed by atoms with Crippen LogP contribution in [0.5, 0.6) is 11.5 Å². The summed E-state index contributed by atoms with van der Waals surface area (Å²) in [4.78, 5) is 17.5. The predicted octanol–water partition coefficient (Wildman–Crippen LogP) is 2.87. The van der Waals surface area contributed by atoms with Gasteiger partial charge in [-0.2, -0.15) is 4.99 Å². The molecule has 0 fully saturated rings. The number of para-hydroxylation sites is 1. The smallest absolute Gasteiger partial charge is 0.257 e. The molecule has 1 N–H and O–H groups in total. The summed E-state index contributed by atoms with van der Waals surface area (Å²) < 4.78 is 13.4. The van der Waals surface area contributed by atoms with E-state index in [4.69, 9.17) is 21.7 Å². The van der Waals surface area contributed by atoms with Crippen LogP contribution in [-0.4, -0.2) is 29.8 Å². The summed E-state index contributed by atoms with van der Waals surface area (Å²) in [6.07, 6.45) is 0. The second-order valence-corrected chi connectivity index (χ2v) is 6.78. The minimum Gasteiger partial charge on any atom is -0.497 e.